The van der Waals surface area contributed by atoms with E-state index in [0.29, 0.717) is 24.7 Å². The number of fused-ring (bicyclic) bond motifs is 2. The first-order valence-corrected chi connectivity index (χ1v) is 9.72. The summed E-state index contributed by atoms with van der Waals surface area (Å²) in [5, 5.41) is 15.4. The third kappa shape index (κ3) is 3.33. The lowest BCUT2D eigenvalue weighted by Crippen LogP contribution is -2.32. The van der Waals surface area contributed by atoms with E-state index in [1.54, 1.807) is 10.8 Å². The lowest BCUT2D eigenvalue weighted by molar-refractivity contribution is 0.498. The predicted octanol–water partition coefficient (Wildman–Crippen LogP) is 3.86. The lowest BCUT2D eigenvalue weighted by atomic mass is 10.0. The fraction of sp³-hybridized carbons (Fsp3) is 0.238. The van der Waals surface area contributed by atoms with Crippen LogP contribution in [0.3, 0.4) is 0 Å². The summed E-state index contributed by atoms with van der Waals surface area (Å²) in [4.78, 5) is 6.59. The Bertz CT molecular complexity index is 1320. The van der Waals surface area contributed by atoms with Gasteiger partial charge in [-0.3, -0.25) is 4.98 Å². The quantitative estimate of drug-likeness (QED) is 0.503. The molecular formula is C21H18F3N7. The summed E-state index contributed by atoms with van der Waals surface area (Å²) in [6, 6.07) is 3.23. The maximum absolute atomic E-state index is 14.0. The molecule has 10 heteroatoms. The van der Waals surface area contributed by atoms with Gasteiger partial charge in [0.25, 0.3) is 0 Å². The largest absolute Gasteiger partial charge is 0.352 e. The highest BCUT2D eigenvalue weighted by Crippen LogP contribution is 2.30. The van der Waals surface area contributed by atoms with Crippen LogP contribution in [0.5, 0.6) is 0 Å². The molecule has 1 aliphatic heterocycles. The number of hydrogen-bond acceptors (Lipinski definition) is 6. The SMILES string of the molecule is Cc1c(N2CCc3ncc(Nc4cc(F)cc(F)c4F)cc3C2)nn2cnnc2c1C. The van der Waals surface area contributed by atoms with Crippen LogP contribution < -0.4 is 10.2 Å². The minimum Gasteiger partial charge on any atom is -0.352 e. The Balaban J connectivity index is 1.46. The molecule has 0 aliphatic carbocycles. The second-order valence-electron chi connectivity index (χ2n) is 7.55. The Labute approximate surface area is 175 Å². The summed E-state index contributed by atoms with van der Waals surface area (Å²) in [5.74, 6) is -2.42. The normalized spacial score (nSPS) is 13.5. The van der Waals surface area contributed by atoms with Gasteiger partial charge < -0.3 is 10.2 Å². The van der Waals surface area contributed by atoms with Gasteiger partial charge in [-0.2, -0.15) is 4.52 Å². The summed E-state index contributed by atoms with van der Waals surface area (Å²) < 4.78 is 42.7. The van der Waals surface area contributed by atoms with Crippen LogP contribution in [0.4, 0.5) is 30.4 Å². The van der Waals surface area contributed by atoms with Crippen molar-refractivity contribution in [1.29, 1.82) is 0 Å². The molecule has 5 rings (SSSR count). The van der Waals surface area contributed by atoms with Gasteiger partial charge in [0, 0.05) is 48.5 Å². The van der Waals surface area contributed by atoms with Crippen LogP contribution in [0.2, 0.25) is 0 Å². The van der Waals surface area contributed by atoms with Crippen LogP contribution in [0.1, 0.15) is 22.4 Å². The Morgan fingerprint density at radius 2 is 1.90 bits per heavy atom. The van der Waals surface area contributed by atoms with E-state index in [1.165, 1.54) is 6.20 Å². The minimum atomic E-state index is -1.25. The number of anilines is 3. The summed E-state index contributed by atoms with van der Waals surface area (Å²) in [7, 11) is 0. The van der Waals surface area contributed by atoms with Crippen LogP contribution in [0.15, 0.2) is 30.7 Å². The number of nitrogens with one attached hydrogen (secondary N) is 1. The van der Waals surface area contributed by atoms with Crippen molar-refractivity contribution in [3.8, 4) is 0 Å². The molecule has 0 atom stereocenters. The first-order valence-electron chi connectivity index (χ1n) is 9.72. The van der Waals surface area contributed by atoms with Crippen LogP contribution in [-0.2, 0) is 13.0 Å². The van der Waals surface area contributed by atoms with E-state index in [-0.39, 0.29) is 5.69 Å². The van der Waals surface area contributed by atoms with Crippen molar-refractivity contribution in [1.82, 2.24) is 24.8 Å². The monoisotopic (exact) mass is 425 g/mol. The third-order valence-electron chi connectivity index (χ3n) is 5.58. The van der Waals surface area contributed by atoms with E-state index in [4.69, 9.17) is 0 Å². The summed E-state index contributed by atoms with van der Waals surface area (Å²) in [6.07, 6.45) is 3.81. The topological polar surface area (TPSA) is 71.2 Å². The number of halogens is 3. The Kier molecular flexibility index (Phi) is 4.49. The summed E-state index contributed by atoms with van der Waals surface area (Å²) >= 11 is 0. The molecule has 0 saturated heterocycles. The third-order valence-corrected chi connectivity index (χ3v) is 5.58. The van der Waals surface area contributed by atoms with E-state index in [9.17, 15) is 13.2 Å². The number of aromatic nitrogens is 5. The molecule has 1 aliphatic rings. The molecule has 3 aromatic heterocycles. The van der Waals surface area contributed by atoms with Gasteiger partial charge in [-0.1, -0.05) is 0 Å². The maximum atomic E-state index is 14.0. The number of aryl methyl sites for hydroxylation is 1. The highest BCUT2D eigenvalue weighted by Gasteiger charge is 2.23. The second-order valence-corrected chi connectivity index (χ2v) is 7.55. The van der Waals surface area contributed by atoms with Crippen LogP contribution >= 0.6 is 0 Å². The number of hydrogen-bond donors (Lipinski definition) is 1. The minimum absolute atomic E-state index is 0.280. The molecule has 7 nitrogen and oxygen atoms in total. The summed E-state index contributed by atoms with van der Waals surface area (Å²) in [6.45, 7) is 5.26. The molecule has 158 valence electrons. The van der Waals surface area contributed by atoms with Crippen LogP contribution in [0, 0.1) is 31.3 Å². The molecule has 0 radical (unpaired) electrons. The molecule has 0 spiro atoms. The van der Waals surface area contributed by atoms with Crippen molar-refractivity contribution in [2.24, 2.45) is 0 Å². The highest BCUT2D eigenvalue weighted by atomic mass is 19.2. The van der Waals surface area contributed by atoms with Gasteiger partial charge in [-0.05, 0) is 25.5 Å². The maximum Gasteiger partial charge on any atom is 0.182 e. The number of pyridine rings is 1. The summed E-state index contributed by atoms with van der Waals surface area (Å²) in [5.41, 5.74) is 4.76. The first-order chi connectivity index (χ1) is 14.9. The van der Waals surface area contributed by atoms with E-state index in [0.717, 1.165) is 46.5 Å². The van der Waals surface area contributed by atoms with Gasteiger partial charge in [0.05, 0.1) is 17.6 Å². The zero-order valence-corrected chi connectivity index (χ0v) is 16.8. The van der Waals surface area contributed by atoms with Gasteiger partial charge in [0.2, 0.25) is 0 Å². The standard InChI is InChI=1S/C21H18F3N7/c1-11-12(2)21(29-31-10-26-28-20(11)31)30-4-3-17-13(9-30)5-15(8-25-17)27-18-7-14(22)6-16(23)19(18)24/h5-8,10,27H,3-4,9H2,1-2H3. The van der Waals surface area contributed by atoms with Crippen molar-refractivity contribution in [2.75, 3.05) is 16.8 Å². The van der Waals surface area contributed by atoms with Gasteiger partial charge >= 0.3 is 0 Å². The van der Waals surface area contributed by atoms with Gasteiger partial charge in [0.1, 0.15) is 12.1 Å². The lowest BCUT2D eigenvalue weighted by Gasteiger charge is -2.30. The fourth-order valence-corrected chi connectivity index (χ4v) is 3.84. The van der Waals surface area contributed by atoms with Crippen molar-refractivity contribution in [3.63, 3.8) is 0 Å². The van der Waals surface area contributed by atoms with E-state index < -0.39 is 17.5 Å². The van der Waals surface area contributed by atoms with Gasteiger partial charge in [-0.25, -0.2) is 13.2 Å². The molecule has 0 fully saturated rings. The first kappa shape index (κ1) is 19.3. The fourth-order valence-electron chi connectivity index (χ4n) is 3.84. The Morgan fingerprint density at radius 1 is 1.06 bits per heavy atom. The molecular weight excluding hydrogens is 407 g/mol. The van der Waals surface area contributed by atoms with Gasteiger partial charge in [-0.15, -0.1) is 15.3 Å². The Morgan fingerprint density at radius 3 is 2.74 bits per heavy atom. The second kappa shape index (κ2) is 7.22. The molecule has 4 aromatic rings. The molecule has 31 heavy (non-hydrogen) atoms. The molecule has 1 N–H and O–H groups in total. The van der Waals surface area contributed by atoms with Gasteiger partial charge in [0.15, 0.2) is 23.1 Å². The molecule has 1 aromatic carbocycles. The number of rotatable bonds is 3. The van der Waals surface area contributed by atoms with Crippen molar-refractivity contribution in [3.05, 3.63) is 70.6 Å². The molecule has 4 heterocycles. The van der Waals surface area contributed by atoms with E-state index in [1.807, 2.05) is 19.9 Å². The highest BCUT2D eigenvalue weighted by molar-refractivity contribution is 5.62. The smallest absolute Gasteiger partial charge is 0.182 e. The van der Waals surface area contributed by atoms with E-state index in [2.05, 4.69) is 30.5 Å². The molecule has 0 unspecified atom stereocenters. The number of benzene rings is 1. The zero-order valence-electron chi connectivity index (χ0n) is 16.8. The number of nitrogens with zero attached hydrogens (tertiary/aromatic N) is 6. The van der Waals surface area contributed by atoms with Crippen molar-refractivity contribution in [2.45, 2.75) is 26.8 Å². The predicted molar refractivity (Wildman–Crippen MR) is 109 cm³/mol. The average molecular weight is 425 g/mol. The molecule has 0 saturated carbocycles. The van der Waals surface area contributed by atoms with Crippen LogP contribution in [-0.4, -0.2) is 31.3 Å². The zero-order chi connectivity index (χ0) is 21.7. The Hall–Kier alpha value is -3.69. The average Bonchev–Trinajstić information content (AvgIpc) is 3.22. The van der Waals surface area contributed by atoms with E-state index >= 15 is 0 Å². The van der Waals surface area contributed by atoms with Crippen molar-refractivity contribution < 1.29 is 13.2 Å². The molecule has 0 amide bonds. The van der Waals surface area contributed by atoms with Crippen molar-refractivity contribution >= 4 is 22.8 Å². The van der Waals surface area contributed by atoms with Crippen LogP contribution in [0.25, 0.3) is 5.65 Å². The molecule has 0 bridgehead atoms.